The Labute approximate surface area is 121 Å². The van der Waals surface area contributed by atoms with Crippen LogP contribution in [0.5, 0.6) is 5.75 Å². The number of ether oxygens (including phenoxy) is 1. The number of benzene rings is 1. The summed E-state index contributed by atoms with van der Waals surface area (Å²) in [6.45, 7) is 4.11. The molecule has 0 aliphatic rings. The lowest BCUT2D eigenvalue weighted by molar-refractivity contribution is 0.0924. The van der Waals surface area contributed by atoms with Gasteiger partial charge in [-0.2, -0.15) is 0 Å². The molecule has 1 aromatic rings. The number of halogens is 2. The summed E-state index contributed by atoms with van der Waals surface area (Å²) < 4.78 is 18.2. The second-order valence-electron chi connectivity index (χ2n) is 4.65. The van der Waals surface area contributed by atoms with E-state index < -0.39 is 5.82 Å². The highest BCUT2D eigenvalue weighted by Gasteiger charge is 2.17. The molecule has 1 N–H and O–H groups in total. The van der Waals surface area contributed by atoms with Crippen LogP contribution in [0.1, 0.15) is 30.6 Å². The van der Waals surface area contributed by atoms with Crippen molar-refractivity contribution >= 4 is 21.8 Å². The van der Waals surface area contributed by atoms with Crippen LogP contribution in [0.2, 0.25) is 0 Å². The topological polar surface area (TPSA) is 38.3 Å². The third-order valence-electron chi connectivity index (χ3n) is 2.95. The van der Waals surface area contributed by atoms with Crippen molar-refractivity contribution in [1.29, 1.82) is 0 Å². The van der Waals surface area contributed by atoms with Crippen molar-refractivity contribution in [2.75, 3.05) is 12.4 Å². The minimum atomic E-state index is -0.472. The molecule has 1 unspecified atom stereocenters. The Kier molecular flexibility index (Phi) is 6.28. The SMILES string of the molecule is COc1cc(C(=O)NC(CCBr)C(C)C)ccc1F. The summed E-state index contributed by atoms with van der Waals surface area (Å²) in [5.74, 6) is -0.268. The van der Waals surface area contributed by atoms with E-state index in [2.05, 4.69) is 35.1 Å². The quantitative estimate of drug-likeness (QED) is 0.811. The molecule has 0 bridgehead atoms. The van der Waals surface area contributed by atoms with Crippen LogP contribution in [0.25, 0.3) is 0 Å². The van der Waals surface area contributed by atoms with Crippen molar-refractivity contribution in [2.24, 2.45) is 5.92 Å². The predicted molar refractivity (Wildman–Crippen MR) is 77.5 cm³/mol. The smallest absolute Gasteiger partial charge is 0.251 e. The summed E-state index contributed by atoms with van der Waals surface area (Å²) in [6, 6.07) is 4.19. The van der Waals surface area contributed by atoms with Crippen LogP contribution in [-0.4, -0.2) is 24.4 Å². The summed E-state index contributed by atoms with van der Waals surface area (Å²) in [6.07, 6.45) is 0.849. The second kappa shape index (κ2) is 7.48. The standard InChI is InChI=1S/C14H19BrFNO2/c1-9(2)12(6-7-15)17-14(18)10-4-5-11(16)13(8-10)19-3/h4-5,8-9,12H,6-7H2,1-3H3,(H,17,18). The molecule has 0 aliphatic heterocycles. The fourth-order valence-corrected chi connectivity index (χ4v) is 2.24. The summed E-state index contributed by atoms with van der Waals surface area (Å²) >= 11 is 3.38. The largest absolute Gasteiger partial charge is 0.494 e. The first-order valence-corrected chi connectivity index (χ1v) is 7.32. The van der Waals surface area contributed by atoms with Crippen LogP contribution in [-0.2, 0) is 0 Å². The number of alkyl halides is 1. The van der Waals surface area contributed by atoms with Gasteiger partial charge in [-0.1, -0.05) is 29.8 Å². The molecular weight excluding hydrogens is 313 g/mol. The molecule has 1 aromatic carbocycles. The fraction of sp³-hybridized carbons (Fsp3) is 0.500. The minimum Gasteiger partial charge on any atom is -0.494 e. The number of nitrogens with one attached hydrogen (secondary N) is 1. The van der Waals surface area contributed by atoms with Crippen molar-refractivity contribution in [2.45, 2.75) is 26.3 Å². The molecule has 0 radical (unpaired) electrons. The molecule has 0 aliphatic carbocycles. The van der Waals surface area contributed by atoms with Crippen LogP contribution in [0, 0.1) is 11.7 Å². The summed E-state index contributed by atoms with van der Waals surface area (Å²) in [5.41, 5.74) is 0.401. The van der Waals surface area contributed by atoms with Crippen molar-refractivity contribution in [3.05, 3.63) is 29.6 Å². The number of carbonyl (C=O) groups is 1. The van der Waals surface area contributed by atoms with Crippen molar-refractivity contribution < 1.29 is 13.9 Å². The van der Waals surface area contributed by atoms with E-state index in [9.17, 15) is 9.18 Å². The first kappa shape index (κ1) is 16.0. The summed E-state index contributed by atoms with van der Waals surface area (Å²) in [4.78, 5) is 12.1. The van der Waals surface area contributed by atoms with Crippen LogP contribution >= 0.6 is 15.9 Å². The monoisotopic (exact) mass is 331 g/mol. The Morgan fingerprint density at radius 1 is 1.47 bits per heavy atom. The number of carbonyl (C=O) groups excluding carboxylic acids is 1. The molecule has 0 aromatic heterocycles. The molecule has 1 rings (SSSR count). The molecule has 0 saturated carbocycles. The van der Waals surface area contributed by atoms with Gasteiger partial charge < -0.3 is 10.1 Å². The highest BCUT2D eigenvalue weighted by atomic mass is 79.9. The summed E-state index contributed by atoms with van der Waals surface area (Å²) in [7, 11) is 1.38. The zero-order valence-electron chi connectivity index (χ0n) is 11.4. The minimum absolute atomic E-state index is 0.0780. The maximum Gasteiger partial charge on any atom is 0.251 e. The molecule has 0 fully saturated rings. The normalized spacial score (nSPS) is 12.3. The Hall–Kier alpha value is -1.10. The van der Waals surface area contributed by atoms with Gasteiger partial charge in [0.2, 0.25) is 0 Å². The number of hydrogen-bond donors (Lipinski definition) is 1. The van der Waals surface area contributed by atoms with Gasteiger partial charge in [-0.3, -0.25) is 4.79 Å². The van der Waals surface area contributed by atoms with E-state index in [0.29, 0.717) is 11.5 Å². The van der Waals surface area contributed by atoms with Gasteiger partial charge in [-0.25, -0.2) is 4.39 Å². The number of hydrogen-bond acceptors (Lipinski definition) is 2. The Morgan fingerprint density at radius 2 is 2.16 bits per heavy atom. The van der Waals surface area contributed by atoms with Gasteiger partial charge in [0, 0.05) is 16.9 Å². The van der Waals surface area contributed by atoms with Crippen molar-refractivity contribution in [1.82, 2.24) is 5.32 Å². The summed E-state index contributed by atoms with van der Waals surface area (Å²) in [5, 5.41) is 3.78. The average molecular weight is 332 g/mol. The molecule has 1 amide bonds. The van der Waals surface area contributed by atoms with Gasteiger partial charge in [-0.15, -0.1) is 0 Å². The zero-order valence-corrected chi connectivity index (χ0v) is 13.0. The maximum atomic E-state index is 13.3. The molecule has 3 nitrogen and oxygen atoms in total. The Morgan fingerprint density at radius 3 is 2.68 bits per heavy atom. The van der Waals surface area contributed by atoms with E-state index in [-0.39, 0.29) is 17.7 Å². The highest BCUT2D eigenvalue weighted by Crippen LogP contribution is 2.18. The van der Waals surface area contributed by atoms with E-state index in [0.717, 1.165) is 11.8 Å². The highest BCUT2D eigenvalue weighted by molar-refractivity contribution is 9.09. The first-order valence-electron chi connectivity index (χ1n) is 6.20. The van der Waals surface area contributed by atoms with E-state index in [1.54, 1.807) is 0 Å². The molecule has 5 heteroatoms. The van der Waals surface area contributed by atoms with E-state index >= 15 is 0 Å². The first-order chi connectivity index (χ1) is 8.99. The molecule has 19 heavy (non-hydrogen) atoms. The zero-order chi connectivity index (χ0) is 14.4. The van der Waals surface area contributed by atoms with Gasteiger partial charge in [0.25, 0.3) is 5.91 Å². The number of rotatable bonds is 6. The van der Waals surface area contributed by atoms with Gasteiger partial charge >= 0.3 is 0 Å². The lowest BCUT2D eigenvalue weighted by Gasteiger charge is -2.21. The number of methoxy groups -OCH3 is 1. The number of amides is 1. The Balaban J connectivity index is 2.82. The van der Waals surface area contributed by atoms with Gasteiger partial charge in [0.15, 0.2) is 11.6 Å². The third-order valence-corrected chi connectivity index (χ3v) is 3.41. The van der Waals surface area contributed by atoms with Crippen LogP contribution in [0.3, 0.4) is 0 Å². The van der Waals surface area contributed by atoms with Gasteiger partial charge in [0.1, 0.15) is 0 Å². The van der Waals surface area contributed by atoms with Crippen LogP contribution < -0.4 is 10.1 Å². The van der Waals surface area contributed by atoms with E-state index in [1.165, 1.54) is 25.3 Å². The third kappa shape index (κ3) is 4.49. The molecule has 0 saturated heterocycles. The van der Waals surface area contributed by atoms with E-state index in [4.69, 9.17) is 4.74 Å². The second-order valence-corrected chi connectivity index (χ2v) is 5.44. The molecule has 106 valence electrons. The van der Waals surface area contributed by atoms with Crippen LogP contribution in [0.15, 0.2) is 18.2 Å². The Bertz CT molecular complexity index is 437. The average Bonchev–Trinajstić information content (AvgIpc) is 2.38. The van der Waals surface area contributed by atoms with Crippen molar-refractivity contribution in [3.8, 4) is 5.75 Å². The lowest BCUT2D eigenvalue weighted by Crippen LogP contribution is -2.38. The van der Waals surface area contributed by atoms with Gasteiger partial charge in [-0.05, 0) is 30.5 Å². The van der Waals surface area contributed by atoms with Gasteiger partial charge in [0.05, 0.1) is 7.11 Å². The van der Waals surface area contributed by atoms with Crippen molar-refractivity contribution in [3.63, 3.8) is 0 Å². The molecular formula is C14H19BrFNO2. The lowest BCUT2D eigenvalue weighted by atomic mass is 10.0. The molecule has 0 spiro atoms. The van der Waals surface area contributed by atoms with Crippen LogP contribution in [0.4, 0.5) is 4.39 Å². The predicted octanol–water partition coefficient (Wildman–Crippen LogP) is 3.37. The van der Waals surface area contributed by atoms with E-state index in [1.807, 2.05) is 0 Å². The maximum absolute atomic E-state index is 13.3. The molecule has 0 heterocycles. The molecule has 1 atom stereocenters. The fourth-order valence-electron chi connectivity index (χ4n) is 1.74.